The lowest BCUT2D eigenvalue weighted by Crippen LogP contribution is -2.02. The summed E-state index contributed by atoms with van der Waals surface area (Å²) in [7, 11) is -0.803. The van der Waals surface area contributed by atoms with Crippen molar-refractivity contribution < 1.29 is 4.21 Å². The number of hydrogen-bond donors (Lipinski definition) is 0. The normalized spacial score (nSPS) is 13.4. The van der Waals surface area contributed by atoms with Crippen LogP contribution in [0.1, 0.15) is 5.56 Å². The van der Waals surface area contributed by atoms with E-state index in [0.717, 1.165) is 5.56 Å². The summed E-state index contributed by atoms with van der Waals surface area (Å²) < 4.78 is 12.4. The molecule has 0 saturated carbocycles. The lowest BCUT2D eigenvalue weighted by atomic mass is 10.4. The first-order chi connectivity index (χ1) is 4.68. The van der Waals surface area contributed by atoms with E-state index in [1.54, 1.807) is 17.1 Å². The minimum Gasteiger partial charge on any atom is -0.260 e. The van der Waals surface area contributed by atoms with E-state index >= 15 is 0 Å². The summed E-state index contributed by atoms with van der Waals surface area (Å²) in [5, 5.41) is 3.98. The SMILES string of the molecule is Cc1cnn(CS(C)=O)c1. The second kappa shape index (κ2) is 2.96. The maximum absolute atomic E-state index is 10.7. The van der Waals surface area contributed by atoms with Crippen LogP contribution in [0.25, 0.3) is 0 Å². The fourth-order valence-electron chi connectivity index (χ4n) is 0.724. The van der Waals surface area contributed by atoms with Gasteiger partial charge in [-0.05, 0) is 12.5 Å². The molecule has 1 rings (SSSR count). The smallest absolute Gasteiger partial charge is 0.116 e. The van der Waals surface area contributed by atoms with Crippen LogP contribution in [0.3, 0.4) is 0 Å². The van der Waals surface area contributed by atoms with Gasteiger partial charge in [-0.2, -0.15) is 5.10 Å². The first-order valence-corrected chi connectivity index (χ1v) is 4.70. The van der Waals surface area contributed by atoms with Crippen LogP contribution in [0.4, 0.5) is 0 Å². The highest BCUT2D eigenvalue weighted by atomic mass is 32.2. The van der Waals surface area contributed by atoms with Gasteiger partial charge in [0.1, 0.15) is 5.88 Å². The average Bonchev–Trinajstić information content (AvgIpc) is 2.13. The summed E-state index contributed by atoms with van der Waals surface area (Å²) in [5.74, 6) is 0.494. The fraction of sp³-hybridized carbons (Fsp3) is 0.500. The van der Waals surface area contributed by atoms with Gasteiger partial charge in [-0.3, -0.25) is 8.89 Å². The van der Waals surface area contributed by atoms with Crippen molar-refractivity contribution in [3.63, 3.8) is 0 Å². The maximum Gasteiger partial charge on any atom is 0.116 e. The Kier molecular flexibility index (Phi) is 2.21. The maximum atomic E-state index is 10.7. The summed E-state index contributed by atoms with van der Waals surface area (Å²) >= 11 is 0. The van der Waals surface area contributed by atoms with E-state index < -0.39 is 10.8 Å². The Bertz CT molecular complexity index is 244. The number of rotatable bonds is 2. The Morgan fingerprint density at radius 2 is 2.50 bits per heavy atom. The van der Waals surface area contributed by atoms with Crippen molar-refractivity contribution in [1.82, 2.24) is 9.78 Å². The van der Waals surface area contributed by atoms with Crippen LogP contribution in [0.2, 0.25) is 0 Å². The lowest BCUT2D eigenvalue weighted by Gasteiger charge is -1.94. The number of nitrogens with zero attached hydrogens (tertiary/aromatic N) is 2. The second-order valence-electron chi connectivity index (χ2n) is 2.26. The molecule has 0 fully saturated rings. The quantitative estimate of drug-likeness (QED) is 0.629. The van der Waals surface area contributed by atoms with Crippen molar-refractivity contribution >= 4 is 10.8 Å². The molecule has 1 aromatic heterocycles. The van der Waals surface area contributed by atoms with Crippen LogP contribution in [0.5, 0.6) is 0 Å². The van der Waals surface area contributed by atoms with Crippen molar-refractivity contribution in [3.05, 3.63) is 18.0 Å². The number of aromatic nitrogens is 2. The van der Waals surface area contributed by atoms with Crippen LogP contribution in [-0.2, 0) is 16.7 Å². The third kappa shape index (κ3) is 1.95. The first kappa shape index (κ1) is 7.47. The van der Waals surface area contributed by atoms with Gasteiger partial charge in [0.2, 0.25) is 0 Å². The molecule has 56 valence electrons. The van der Waals surface area contributed by atoms with Gasteiger partial charge in [0.15, 0.2) is 0 Å². The molecule has 0 aliphatic heterocycles. The summed E-state index contributed by atoms with van der Waals surface area (Å²) in [6.07, 6.45) is 5.30. The van der Waals surface area contributed by atoms with E-state index in [4.69, 9.17) is 0 Å². The first-order valence-electron chi connectivity index (χ1n) is 2.97. The highest BCUT2D eigenvalue weighted by Crippen LogP contribution is 1.94. The predicted molar refractivity (Wildman–Crippen MR) is 41.0 cm³/mol. The topological polar surface area (TPSA) is 34.9 Å². The van der Waals surface area contributed by atoms with Crippen LogP contribution in [0.15, 0.2) is 12.4 Å². The van der Waals surface area contributed by atoms with E-state index in [9.17, 15) is 4.21 Å². The number of hydrogen-bond acceptors (Lipinski definition) is 2. The minimum absolute atomic E-state index is 0.494. The standard InChI is InChI=1S/C6H10N2OS/c1-6-3-7-8(4-6)5-10(2)9/h3-4H,5H2,1-2H3. The van der Waals surface area contributed by atoms with E-state index in [1.165, 1.54) is 0 Å². The van der Waals surface area contributed by atoms with E-state index in [0.29, 0.717) is 5.88 Å². The molecule has 1 heterocycles. The molecule has 0 saturated heterocycles. The van der Waals surface area contributed by atoms with Gasteiger partial charge in [0.25, 0.3) is 0 Å². The third-order valence-corrected chi connectivity index (χ3v) is 1.70. The molecule has 3 nitrogen and oxygen atoms in total. The Balaban J connectivity index is 2.67. The van der Waals surface area contributed by atoms with Gasteiger partial charge < -0.3 is 0 Å². The van der Waals surface area contributed by atoms with Crippen molar-refractivity contribution in [2.75, 3.05) is 6.26 Å². The van der Waals surface area contributed by atoms with Gasteiger partial charge in [-0.15, -0.1) is 0 Å². The average molecular weight is 158 g/mol. The van der Waals surface area contributed by atoms with E-state index in [1.807, 2.05) is 13.1 Å². The predicted octanol–water partition coefficient (Wildman–Crippen LogP) is 0.528. The molecule has 10 heavy (non-hydrogen) atoms. The summed E-state index contributed by atoms with van der Waals surface area (Å²) in [5.41, 5.74) is 1.10. The molecule has 0 aliphatic carbocycles. The summed E-state index contributed by atoms with van der Waals surface area (Å²) in [6, 6.07) is 0. The third-order valence-electron chi connectivity index (χ3n) is 1.08. The Hall–Kier alpha value is -0.640. The van der Waals surface area contributed by atoms with Gasteiger partial charge >= 0.3 is 0 Å². The summed E-state index contributed by atoms with van der Waals surface area (Å²) in [4.78, 5) is 0. The van der Waals surface area contributed by atoms with Crippen molar-refractivity contribution in [2.24, 2.45) is 0 Å². The van der Waals surface area contributed by atoms with Gasteiger partial charge in [0.05, 0.1) is 6.20 Å². The zero-order chi connectivity index (χ0) is 7.56. The molecule has 0 aromatic carbocycles. The van der Waals surface area contributed by atoms with Crippen LogP contribution in [-0.4, -0.2) is 20.2 Å². The molecule has 0 aliphatic rings. The molecule has 1 atom stereocenters. The zero-order valence-corrected chi connectivity index (χ0v) is 6.89. The van der Waals surface area contributed by atoms with E-state index in [-0.39, 0.29) is 0 Å². The molecule has 0 radical (unpaired) electrons. The van der Waals surface area contributed by atoms with Gasteiger partial charge in [0, 0.05) is 23.3 Å². The fourth-order valence-corrected chi connectivity index (χ4v) is 1.24. The lowest BCUT2D eigenvalue weighted by molar-refractivity contribution is 0.663. The van der Waals surface area contributed by atoms with Gasteiger partial charge in [-0.25, -0.2) is 0 Å². The second-order valence-corrected chi connectivity index (χ2v) is 3.66. The minimum atomic E-state index is -0.803. The summed E-state index contributed by atoms with van der Waals surface area (Å²) in [6.45, 7) is 1.96. The molecular weight excluding hydrogens is 148 g/mol. The Labute approximate surface area is 62.5 Å². The molecule has 1 aromatic rings. The van der Waals surface area contributed by atoms with Crippen molar-refractivity contribution in [1.29, 1.82) is 0 Å². The van der Waals surface area contributed by atoms with Crippen LogP contribution < -0.4 is 0 Å². The van der Waals surface area contributed by atoms with E-state index in [2.05, 4.69) is 5.10 Å². The van der Waals surface area contributed by atoms with Crippen molar-refractivity contribution in [3.8, 4) is 0 Å². The zero-order valence-electron chi connectivity index (χ0n) is 6.07. The molecule has 1 unspecified atom stereocenters. The largest absolute Gasteiger partial charge is 0.260 e. The molecule has 0 N–H and O–H groups in total. The molecular formula is C6H10N2OS. The van der Waals surface area contributed by atoms with Crippen LogP contribution >= 0.6 is 0 Å². The molecule has 4 heteroatoms. The Morgan fingerprint density at radius 3 is 2.90 bits per heavy atom. The van der Waals surface area contributed by atoms with Crippen molar-refractivity contribution in [2.45, 2.75) is 12.8 Å². The molecule has 0 spiro atoms. The molecule has 0 bridgehead atoms. The van der Waals surface area contributed by atoms with Gasteiger partial charge in [-0.1, -0.05) is 0 Å². The number of aryl methyl sites for hydroxylation is 1. The highest BCUT2D eigenvalue weighted by Gasteiger charge is 1.94. The monoisotopic (exact) mass is 158 g/mol. The highest BCUT2D eigenvalue weighted by molar-refractivity contribution is 7.83. The Morgan fingerprint density at radius 1 is 1.80 bits per heavy atom. The van der Waals surface area contributed by atoms with Crippen LogP contribution in [0, 0.1) is 6.92 Å². The molecule has 0 amide bonds.